The van der Waals surface area contributed by atoms with E-state index in [1.54, 1.807) is 0 Å². The minimum absolute atomic E-state index is 0. The molecule has 2 aromatic rings. The normalized spacial score (nSPS) is 15.0. The van der Waals surface area contributed by atoms with Gasteiger partial charge in [-0.1, -0.05) is 12.1 Å². The van der Waals surface area contributed by atoms with Crippen LogP contribution in [0.5, 0.6) is 0 Å². The van der Waals surface area contributed by atoms with Gasteiger partial charge in [-0.05, 0) is 56.2 Å². The van der Waals surface area contributed by atoms with Crippen LogP contribution < -0.4 is 39.7 Å². The second-order valence-corrected chi connectivity index (χ2v) is 7.34. The summed E-state index contributed by atoms with van der Waals surface area (Å²) in [6.45, 7) is 4.03. The molecule has 0 amide bonds. The Labute approximate surface area is 203 Å². The standard InChI is InChI=1S/C20H28N6O.ClH.4H3N.4H2/c27-15-16-8-7-9-17(14-16)21-18-22-19(25-10-3-1-4-11-25)24-20(23-18)26-12-5-2-6-13-26;;;;;;;;;/h7-9,14,27H,1-6,10-13,15H2,(H,21,22,23,24);1H;4*1H3;4*1H. The molecule has 0 bridgehead atoms. The maximum Gasteiger partial charge on any atom is 0.233 e. The molecule has 192 valence electrons. The lowest BCUT2D eigenvalue weighted by Crippen LogP contribution is -2.34. The van der Waals surface area contributed by atoms with Crippen molar-refractivity contribution in [1.82, 2.24) is 39.6 Å². The molecular formula is C20H49ClN10O. The largest absolute Gasteiger partial charge is 0.392 e. The topological polar surface area (TPSA) is 217 Å². The van der Waals surface area contributed by atoms with Gasteiger partial charge in [-0.15, -0.1) is 12.4 Å². The number of aliphatic hydroxyl groups is 1. The molecule has 11 nitrogen and oxygen atoms in total. The summed E-state index contributed by atoms with van der Waals surface area (Å²) in [5.74, 6) is 2.11. The highest BCUT2D eigenvalue weighted by Gasteiger charge is 2.20. The van der Waals surface area contributed by atoms with E-state index in [1.807, 2.05) is 24.3 Å². The third-order valence-corrected chi connectivity index (χ3v) is 5.26. The molecule has 4 rings (SSSR count). The molecule has 0 spiro atoms. The first-order chi connectivity index (χ1) is 13.3. The van der Waals surface area contributed by atoms with Crippen LogP contribution in [-0.4, -0.2) is 46.2 Å². The van der Waals surface area contributed by atoms with Gasteiger partial charge in [0.15, 0.2) is 0 Å². The molecule has 2 fully saturated rings. The molecule has 1 aromatic heterocycles. The fourth-order valence-electron chi connectivity index (χ4n) is 3.76. The minimum atomic E-state index is 0. The average Bonchev–Trinajstić information content (AvgIpc) is 2.75. The van der Waals surface area contributed by atoms with Crippen LogP contribution in [-0.2, 0) is 6.61 Å². The number of hydrogen-bond donors (Lipinski definition) is 6. The van der Waals surface area contributed by atoms with Gasteiger partial charge in [-0.2, -0.15) is 15.0 Å². The van der Waals surface area contributed by atoms with E-state index in [0.717, 1.165) is 49.3 Å². The number of benzene rings is 1. The Hall–Kier alpha value is -2.28. The molecule has 2 aliphatic rings. The van der Waals surface area contributed by atoms with E-state index in [4.69, 9.17) is 15.0 Å². The SMILES string of the molecule is Cl.N.N.N.N.OCc1cccc(Nc2nc(N3CCCCC3)nc(N3CCCCC3)n2)c1.[HH].[HH].[HH].[HH]. The molecule has 2 aliphatic heterocycles. The summed E-state index contributed by atoms with van der Waals surface area (Å²) in [6.07, 6.45) is 7.30. The molecule has 12 heteroatoms. The summed E-state index contributed by atoms with van der Waals surface area (Å²) in [7, 11) is 0. The van der Waals surface area contributed by atoms with Crippen molar-refractivity contribution in [2.75, 3.05) is 41.3 Å². The van der Waals surface area contributed by atoms with E-state index in [1.165, 1.54) is 38.5 Å². The van der Waals surface area contributed by atoms with Crippen molar-refractivity contribution in [3.63, 3.8) is 0 Å². The van der Waals surface area contributed by atoms with Crippen LogP contribution in [0, 0.1) is 0 Å². The van der Waals surface area contributed by atoms with Gasteiger partial charge in [0, 0.05) is 37.6 Å². The van der Waals surface area contributed by atoms with Gasteiger partial charge in [-0.3, -0.25) is 0 Å². The zero-order chi connectivity index (χ0) is 18.5. The minimum Gasteiger partial charge on any atom is -0.392 e. The molecule has 0 saturated carbocycles. The maximum atomic E-state index is 9.37. The lowest BCUT2D eigenvalue weighted by molar-refractivity contribution is 0.282. The number of nitrogens with one attached hydrogen (secondary N) is 1. The average molecular weight is 481 g/mol. The Morgan fingerprint density at radius 2 is 1.28 bits per heavy atom. The Morgan fingerprint density at radius 3 is 1.75 bits per heavy atom. The van der Waals surface area contributed by atoms with Crippen LogP contribution in [0.2, 0.25) is 0 Å². The third kappa shape index (κ3) is 8.01. The summed E-state index contributed by atoms with van der Waals surface area (Å²) in [6, 6.07) is 7.71. The van der Waals surface area contributed by atoms with E-state index in [0.29, 0.717) is 5.95 Å². The fraction of sp³-hybridized carbons (Fsp3) is 0.550. The zero-order valence-corrected chi connectivity index (χ0v) is 19.8. The molecule has 0 aliphatic carbocycles. The first-order valence-electron chi connectivity index (χ1n) is 10.0. The second-order valence-electron chi connectivity index (χ2n) is 7.34. The second kappa shape index (κ2) is 15.5. The van der Waals surface area contributed by atoms with Crippen molar-refractivity contribution in [2.24, 2.45) is 0 Å². The van der Waals surface area contributed by atoms with Crippen molar-refractivity contribution < 1.29 is 10.8 Å². The number of hydrogen-bond acceptors (Lipinski definition) is 11. The first-order valence-corrected chi connectivity index (χ1v) is 10.0. The van der Waals surface area contributed by atoms with Crippen molar-refractivity contribution in [1.29, 1.82) is 0 Å². The van der Waals surface area contributed by atoms with Crippen LogP contribution in [0.1, 0.15) is 49.8 Å². The Bertz CT molecular complexity index is 752. The highest BCUT2D eigenvalue weighted by atomic mass is 35.5. The van der Waals surface area contributed by atoms with Crippen LogP contribution in [0.3, 0.4) is 0 Å². The fourth-order valence-corrected chi connectivity index (χ4v) is 3.76. The van der Waals surface area contributed by atoms with Crippen LogP contribution in [0.4, 0.5) is 23.5 Å². The van der Waals surface area contributed by atoms with Crippen LogP contribution in [0.25, 0.3) is 0 Å². The van der Waals surface area contributed by atoms with Gasteiger partial charge in [-0.25, -0.2) is 0 Å². The number of rotatable bonds is 5. The Morgan fingerprint density at radius 1 is 0.781 bits per heavy atom. The van der Waals surface area contributed by atoms with Gasteiger partial charge in [0.2, 0.25) is 17.8 Å². The highest BCUT2D eigenvalue weighted by Crippen LogP contribution is 2.24. The number of aliphatic hydroxyl groups excluding tert-OH is 1. The smallest absolute Gasteiger partial charge is 0.233 e. The Balaban J connectivity index is -0.000000250. The summed E-state index contributed by atoms with van der Waals surface area (Å²) < 4.78 is 0. The highest BCUT2D eigenvalue weighted by molar-refractivity contribution is 5.85. The summed E-state index contributed by atoms with van der Waals surface area (Å²) in [4.78, 5) is 18.8. The van der Waals surface area contributed by atoms with Gasteiger partial charge >= 0.3 is 0 Å². The monoisotopic (exact) mass is 480 g/mol. The van der Waals surface area contributed by atoms with E-state index in [-0.39, 0.29) is 49.3 Å². The molecule has 1 aromatic carbocycles. The van der Waals surface area contributed by atoms with Gasteiger partial charge in [0.25, 0.3) is 0 Å². The van der Waals surface area contributed by atoms with Crippen molar-refractivity contribution in [3.8, 4) is 0 Å². The number of nitrogens with zero attached hydrogens (tertiary/aromatic N) is 5. The van der Waals surface area contributed by atoms with E-state index in [9.17, 15) is 5.11 Å². The first kappa shape index (κ1) is 31.9. The summed E-state index contributed by atoms with van der Waals surface area (Å²) in [5, 5.41) is 12.7. The van der Waals surface area contributed by atoms with Crippen molar-refractivity contribution in [2.45, 2.75) is 45.1 Å². The van der Waals surface area contributed by atoms with Gasteiger partial charge in [0.1, 0.15) is 0 Å². The molecule has 0 unspecified atom stereocenters. The van der Waals surface area contributed by atoms with Crippen molar-refractivity contribution >= 4 is 35.9 Å². The quantitative estimate of drug-likeness (QED) is 0.328. The third-order valence-electron chi connectivity index (χ3n) is 5.26. The predicted molar refractivity (Wildman–Crippen MR) is 143 cm³/mol. The summed E-state index contributed by atoms with van der Waals surface area (Å²) >= 11 is 0. The van der Waals surface area contributed by atoms with Crippen LogP contribution in [0.15, 0.2) is 24.3 Å². The molecule has 2 saturated heterocycles. The predicted octanol–water partition coefficient (Wildman–Crippen LogP) is 5.14. The van der Waals surface area contributed by atoms with Gasteiger partial charge < -0.3 is 44.8 Å². The number of aromatic nitrogens is 3. The van der Waals surface area contributed by atoms with Gasteiger partial charge in [0.05, 0.1) is 6.61 Å². The number of piperidine rings is 2. The molecule has 0 radical (unpaired) electrons. The van der Waals surface area contributed by atoms with E-state index < -0.39 is 0 Å². The summed E-state index contributed by atoms with van der Waals surface area (Å²) in [5.41, 5.74) is 1.74. The molecule has 14 N–H and O–H groups in total. The maximum absolute atomic E-state index is 9.37. The number of anilines is 4. The molecule has 3 heterocycles. The number of halogens is 1. The van der Waals surface area contributed by atoms with E-state index >= 15 is 0 Å². The van der Waals surface area contributed by atoms with Crippen LogP contribution >= 0.6 is 12.4 Å². The lowest BCUT2D eigenvalue weighted by atomic mass is 10.1. The Kier molecular flexibility index (Phi) is 15.5. The zero-order valence-electron chi connectivity index (χ0n) is 19.0. The molecule has 32 heavy (non-hydrogen) atoms. The van der Waals surface area contributed by atoms with Crippen molar-refractivity contribution in [3.05, 3.63) is 29.8 Å². The molecular weight excluding hydrogens is 432 g/mol. The van der Waals surface area contributed by atoms with E-state index in [2.05, 4.69) is 15.1 Å². The molecule has 0 atom stereocenters. The lowest BCUT2D eigenvalue weighted by Gasteiger charge is -2.30.